The molecule has 1 fully saturated rings. The van der Waals surface area contributed by atoms with Crippen molar-refractivity contribution in [2.75, 3.05) is 27.2 Å². The molecule has 0 bridgehead atoms. The van der Waals surface area contributed by atoms with Gasteiger partial charge in [-0.05, 0) is 6.07 Å². The number of aliphatic hydroxyl groups is 1. The number of quaternary nitrogens is 1. The molecule has 6 nitrogen and oxygen atoms in total. The van der Waals surface area contributed by atoms with Gasteiger partial charge in [0.25, 0.3) is 11.7 Å². The van der Waals surface area contributed by atoms with Crippen molar-refractivity contribution in [3.8, 4) is 0 Å². The van der Waals surface area contributed by atoms with Crippen LogP contribution in [0.2, 0.25) is 0 Å². The van der Waals surface area contributed by atoms with Crippen LogP contribution in [0.1, 0.15) is 23.6 Å². The number of carbonyl (C=O) groups is 2. The van der Waals surface area contributed by atoms with Crippen molar-refractivity contribution in [1.82, 2.24) is 4.90 Å². The van der Waals surface area contributed by atoms with Crippen molar-refractivity contribution in [3.63, 3.8) is 0 Å². The Morgan fingerprint density at radius 1 is 1.15 bits per heavy atom. The summed E-state index contributed by atoms with van der Waals surface area (Å²) in [5.41, 5.74) is 1.44. The second-order valence-electron chi connectivity index (χ2n) is 7.01. The SMILES string of the molecule is C[NH+](C)CCCN1C(=O)C(=O)C(=C(O)c2ccccc2)C1c1ccc[nH+]c1. The highest BCUT2D eigenvalue weighted by Gasteiger charge is 2.46. The lowest BCUT2D eigenvalue weighted by atomic mass is 9.96. The van der Waals surface area contributed by atoms with Crippen molar-refractivity contribution >= 4 is 17.4 Å². The highest BCUT2D eigenvalue weighted by molar-refractivity contribution is 6.46. The number of nitrogens with zero attached hydrogens (tertiary/aromatic N) is 1. The number of benzene rings is 1. The number of nitrogens with one attached hydrogen (secondary N) is 2. The molecule has 3 N–H and O–H groups in total. The maximum Gasteiger partial charge on any atom is 0.295 e. The van der Waals surface area contributed by atoms with Crippen LogP contribution in [0.3, 0.4) is 0 Å². The number of ketones is 1. The molecule has 0 radical (unpaired) electrons. The van der Waals surface area contributed by atoms with Crippen molar-refractivity contribution < 1.29 is 24.6 Å². The van der Waals surface area contributed by atoms with Crippen molar-refractivity contribution in [2.24, 2.45) is 0 Å². The van der Waals surface area contributed by atoms with Gasteiger partial charge < -0.3 is 14.9 Å². The fraction of sp³-hybridized carbons (Fsp3) is 0.286. The molecule has 1 aromatic carbocycles. The van der Waals surface area contributed by atoms with E-state index < -0.39 is 17.7 Å². The van der Waals surface area contributed by atoms with Crippen LogP contribution in [-0.4, -0.2) is 48.9 Å². The highest BCUT2D eigenvalue weighted by Crippen LogP contribution is 2.38. The summed E-state index contributed by atoms with van der Waals surface area (Å²) in [6.07, 6.45) is 4.30. The summed E-state index contributed by atoms with van der Waals surface area (Å²) in [4.78, 5) is 31.4. The fourth-order valence-corrected chi connectivity index (χ4v) is 3.39. The van der Waals surface area contributed by atoms with Crippen LogP contribution in [0.15, 0.2) is 60.4 Å². The van der Waals surface area contributed by atoms with E-state index >= 15 is 0 Å². The van der Waals surface area contributed by atoms with Gasteiger partial charge in [0.2, 0.25) is 0 Å². The Balaban J connectivity index is 2.05. The summed E-state index contributed by atoms with van der Waals surface area (Å²) in [6.45, 7) is 1.34. The van der Waals surface area contributed by atoms with E-state index in [9.17, 15) is 14.7 Å². The zero-order valence-electron chi connectivity index (χ0n) is 15.6. The zero-order chi connectivity index (χ0) is 19.4. The number of aromatic nitrogens is 1. The van der Waals surface area contributed by atoms with Gasteiger partial charge in [0.1, 0.15) is 5.76 Å². The smallest absolute Gasteiger partial charge is 0.295 e. The van der Waals surface area contributed by atoms with Crippen molar-refractivity contribution in [2.45, 2.75) is 12.5 Å². The molecule has 6 heteroatoms. The van der Waals surface area contributed by atoms with Gasteiger partial charge in [-0.3, -0.25) is 9.59 Å². The molecule has 1 aliphatic rings. The normalized spacial score (nSPS) is 19.1. The van der Waals surface area contributed by atoms with Gasteiger partial charge in [-0.15, -0.1) is 0 Å². The molecule has 1 unspecified atom stereocenters. The van der Waals surface area contributed by atoms with E-state index in [-0.39, 0.29) is 11.3 Å². The minimum absolute atomic E-state index is 0.136. The molecule has 3 rings (SSSR count). The summed E-state index contributed by atoms with van der Waals surface area (Å²) >= 11 is 0. The number of pyridine rings is 1. The predicted molar refractivity (Wildman–Crippen MR) is 101 cm³/mol. The minimum Gasteiger partial charge on any atom is -0.507 e. The van der Waals surface area contributed by atoms with Gasteiger partial charge in [-0.25, -0.2) is 4.98 Å². The topological polar surface area (TPSA) is 76.2 Å². The number of likely N-dealkylation sites (tertiary alicyclic amines) is 1. The van der Waals surface area contributed by atoms with E-state index in [1.807, 2.05) is 32.3 Å². The highest BCUT2D eigenvalue weighted by atomic mass is 16.3. The Hall–Kier alpha value is -2.99. The van der Waals surface area contributed by atoms with E-state index in [2.05, 4.69) is 4.98 Å². The first-order chi connectivity index (χ1) is 13.0. The quantitative estimate of drug-likeness (QED) is 0.442. The Labute approximate surface area is 158 Å². The van der Waals surface area contributed by atoms with Gasteiger partial charge in [0.15, 0.2) is 12.4 Å². The second-order valence-corrected chi connectivity index (χ2v) is 7.01. The zero-order valence-corrected chi connectivity index (χ0v) is 15.6. The summed E-state index contributed by atoms with van der Waals surface area (Å²) < 4.78 is 0. The van der Waals surface area contributed by atoms with E-state index in [4.69, 9.17) is 0 Å². The first-order valence-electron chi connectivity index (χ1n) is 9.09. The van der Waals surface area contributed by atoms with Gasteiger partial charge in [-0.2, -0.15) is 0 Å². The third-order valence-electron chi connectivity index (χ3n) is 4.71. The Morgan fingerprint density at radius 3 is 2.52 bits per heavy atom. The van der Waals surface area contributed by atoms with Gasteiger partial charge >= 0.3 is 0 Å². The van der Waals surface area contributed by atoms with Crippen LogP contribution >= 0.6 is 0 Å². The largest absolute Gasteiger partial charge is 0.507 e. The first-order valence-corrected chi connectivity index (χ1v) is 9.09. The number of aromatic amines is 1. The van der Waals surface area contributed by atoms with Gasteiger partial charge in [-0.1, -0.05) is 30.3 Å². The second kappa shape index (κ2) is 8.14. The van der Waals surface area contributed by atoms with E-state index in [0.717, 1.165) is 18.5 Å². The summed E-state index contributed by atoms with van der Waals surface area (Å²) in [6, 6.07) is 11.9. The van der Waals surface area contributed by atoms with Gasteiger partial charge in [0, 0.05) is 30.2 Å². The number of H-pyrrole nitrogens is 1. The third kappa shape index (κ3) is 3.90. The van der Waals surface area contributed by atoms with Crippen LogP contribution in [-0.2, 0) is 9.59 Å². The van der Waals surface area contributed by atoms with Crippen LogP contribution < -0.4 is 9.88 Å². The average molecular weight is 367 g/mol. The molecular weight excluding hydrogens is 342 g/mol. The molecule has 1 saturated heterocycles. The average Bonchev–Trinajstić information content (AvgIpc) is 2.93. The summed E-state index contributed by atoms with van der Waals surface area (Å²) in [5.74, 6) is -1.33. The van der Waals surface area contributed by atoms with Gasteiger partial charge in [0.05, 0.1) is 32.3 Å². The number of rotatable bonds is 6. The molecular formula is C21H25N3O3+2. The molecule has 1 atom stereocenters. The number of carbonyl (C=O) groups excluding carboxylic acids is 2. The first kappa shape index (κ1) is 18.8. The number of hydrogen-bond acceptors (Lipinski definition) is 3. The molecule has 1 amide bonds. The Kier molecular flexibility index (Phi) is 5.66. The third-order valence-corrected chi connectivity index (χ3v) is 4.71. The number of amides is 1. The summed E-state index contributed by atoms with van der Waals surface area (Å²) in [7, 11) is 4.10. The van der Waals surface area contributed by atoms with Crippen LogP contribution in [0.4, 0.5) is 0 Å². The maximum atomic E-state index is 12.8. The van der Waals surface area contributed by atoms with E-state index in [1.54, 1.807) is 41.6 Å². The van der Waals surface area contributed by atoms with Crippen LogP contribution in [0, 0.1) is 0 Å². The summed E-state index contributed by atoms with van der Waals surface area (Å²) in [5, 5.41) is 10.8. The minimum atomic E-state index is -0.637. The predicted octanol–water partition coefficient (Wildman–Crippen LogP) is 0.457. The van der Waals surface area contributed by atoms with Crippen LogP contribution in [0.5, 0.6) is 0 Å². The van der Waals surface area contributed by atoms with E-state index in [0.29, 0.717) is 12.1 Å². The molecule has 2 aromatic rings. The molecule has 2 heterocycles. The van der Waals surface area contributed by atoms with Crippen molar-refractivity contribution in [1.29, 1.82) is 0 Å². The van der Waals surface area contributed by atoms with Crippen LogP contribution in [0.25, 0.3) is 5.76 Å². The molecule has 0 spiro atoms. The number of hydrogen-bond donors (Lipinski definition) is 2. The monoisotopic (exact) mass is 367 g/mol. The standard InChI is InChI=1S/C21H23N3O3/c1-23(2)12-7-13-24-18(16-10-6-11-22-14-16)17(20(26)21(24)27)19(25)15-8-4-3-5-9-15/h3-6,8-11,14,18,25H,7,12-13H2,1-2H3/p+2. The number of Topliss-reactive ketones (excluding diaryl/α,β-unsaturated/α-hetero) is 1. The van der Waals surface area contributed by atoms with Crippen molar-refractivity contribution in [3.05, 3.63) is 71.6 Å². The number of aliphatic hydroxyl groups excluding tert-OH is 1. The molecule has 140 valence electrons. The lowest BCUT2D eigenvalue weighted by Gasteiger charge is -2.24. The lowest BCUT2D eigenvalue weighted by molar-refractivity contribution is -0.858. The molecule has 1 aliphatic heterocycles. The Morgan fingerprint density at radius 2 is 1.89 bits per heavy atom. The molecule has 0 aliphatic carbocycles. The molecule has 0 saturated carbocycles. The van der Waals surface area contributed by atoms with E-state index in [1.165, 1.54) is 4.90 Å². The molecule has 27 heavy (non-hydrogen) atoms. The fourth-order valence-electron chi connectivity index (χ4n) is 3.39. The maximum absolute atomic E-state index is 12.8. The Bertz CT molecular complexity index is 847. The molecule has 1 aromatic heterocycles. The lowest BCUT2D eigenvalue weighted by Crippen LogP contribution is -3.05.